The minimum absolute atomic E-state index is 0.254. The van der Waals surface area contributed by atoms with Crippen LogP contribution < -0.4 is 0 Å². The summed E-state index contributed by atoms with van der Waals surface area (Å²) >= 11 is 0. The maximum Gasteiger partial charge on any atom is 0.401 e. The van der Waals surface area contributed by atoms with Crippen molar-refractivity contribution in [2.75, 3.05) is 19.6 Å². The first kappa shape index (κ1) is 15.5. The number of nitrogens with zero attached hydrogens (tertiary/aromatic N) is 1. The molecule has 0 bridgehead atoms. The maximum absolute atomic E-state index is 12.5. The second kappa shape index (κ2) is 6.55. The molecule has 1 rings (SSSR count). The maximum atomic E-state index is 12.5. The van der Waals surface area contributed by atoms with E-state index in [4.69, 9.17) is 0 Å². The SMILES string of the molecule is CCCN(CC(F)(F)F)CC1(C=O)CCCCC1. The normalized spacial score (nSPS) is 20.1. The smallest absolute Gasteiger partial charge is 0.303 e. The highest BCUT2D eigenvalue weighted by Crippen LogP contribution is 2.35. The van der Waals surface area contributed by atoms with Gasteiger partial charge in [0, 0.05) is 12.0 Å². The average Bonchev–Trinajstić information content (AvgIpc) is 2.28. The summed E-state index contributed by atoms with van der Waals surface area (Å²) in [7, 11) is 0. The Hall–Kier alpha value is -0.580. The molecular formula is C13H22F3NO. The van der Waals surface area contributed by atoms with Crippen molar-refractivity contribution in [3.8, 4) is 0 Å². The van der Waals surface area contributed by atoms with Crippen LogP contribution >= 0.6 is 0 Å². The lowest BCUT2D eigenvalue weighted by atomic mass is 9.75. The molecule has 0 aromatic heterocycles. The lowest BCUT2D eigenvalue weighted by molar-refractivity contribution is -0.151. The standard InChI is InChI=1S/C13H22F3NO/c1-2-8-17(10-13(14,15)16)9-12(11-18)6-4-3-5-7-12/h11H,2-10H2,1H3. The summed E-state index contributed by atoms with van der Waals surface area (Å²) in [5, 5.41) is 0. The highest BCUT2D eigenvalue weighted by Gasteiger charge is 2.37. The molecule has 0 spiro atoms. The van der Waals surface area contributed by atoms with Gasteiger partial charge < -0.3 is 4.79 Å². The predicted molar refractivity (Wildman–Crippen MR) is 64.4 cm³/mol. The molecule has 0 amide bonds. The van der Waals surface area contributed by atoms with Crippen LogP contribution in [0.25, 0.3) is 0 Å². The van der Waals surface area contributed by atoms with E-state index in [1.165, 1.54) is 4.90 Å². The Morgan fingerprint density at radius 1 is 1.22 bits per heavy atom. The number of halogens is 3. The molecule has 0 saturated heterocycles. The van der Waals surface area contributed by atoms with Gasteiger partial charge in [-0.1, -0.05) is 26.2 Å². The largest absolute Gasteiger partial charge is 0.401 e. The number of hydrogen-bond donors (Lipinski definition) is 0. The van der Waals surface area contributed by atoms with E-state index in [2.05, 4.69) is 0 Å². The van der Waals surface area contributed by atoms with Crippen molar-refractivity contribution in [1.82, 2.24) is 4.90 Å². The van der Waals surface area contributed by atoms with E-state index in [1.54, 1.807) is 0 Å². The topological polar surface area (TPSA) is 20.3 Å². The second-order valence-electron chi connectivity index (χ2n) is 5.37. The molecule has 1 aliphatic carbocycles. The Labute approximate surface area is 107 Å². The lowest BCUT2D eigenvalue weighted by Gasteiger charge is -2.37. The second-order valence-corrected chi connectivity index (χ2v) is 5.37. The Bertz CT molecular complexity index is 259. The van der Waals surface area contributed by atoms with Crippen LogP contribution in [0, 0.1) is 5.41 Å². The zero-order chi connectivity index (χ0) is 13.6. The van der Waals surface area contributed by atoms with Crippen molar-refractivity contribution < 1.29 is 18.0 Å². The van der Waals surface area contributed by atoms with Crippen LogP contribution in [0.5, 0.6) is 0 Å². The lowest BCUT2D eigenvalue weighted by Crippen LogP contribution is -2.44. The summed E-state index contributed by atoms with van der Waals surface area (Å²) < 4.78 is 37.4. The fourth-order valence-electron chi connectivity index (χ4n) is 2.80. The quantitative estimate of drug-likeness (QED) is 0.686. The van der Waals surface area contributed by atoms with Gasteiger partial charge in [0.25, 0.3) is 0 Å². The Kier molecular flexibility index (Phi) is 5.63. The molecular weight excluding hydrogens is 243 g/mol. The fraction of sp³-hybridized carbons (Fsp3) is 0.923. The van der Waals surface area contributed by atoms with Crippen LogP contribution in [-0.2, 0) is 4.79 Å². The molecule has 1 fully saturated rings. The van der Waals surface area contributed by atoms with Crippen LogP contribution in [0.15, 0.2) is 0 Å². The van der Waals surface area contributed by atoms with Gasteiger partial charge in [0.1, 0.15) is 6.29 Å². The molecule has 0 radical (unpaired) electrons. The van der Waals surface area contributed by atoms with Crippen molar-refractivity contribution in [1.29, 1.82) is 0 Å². The number of rotatable bonds is 6. The number of aldehydes is 1. The third-order valence-corrected chi connectivity index (χ3v) is 3.58. The molecule has 0 N–H and O–H groups in total. The highest BCUT2D eigenvalue weighted by atomic mass is 19.4. The molecule has 1 saturated carbocycles. The van der Waals surface area contributed by atoms with E-state index < -0.39 is 18.1 Å². The number of hydrogen-bond acceptors (Lipinski definition) is 2. The van der Waals surface area contributed by atoms with E-state index in [0.717, 1.165) is 38.4 Å². The van der Waals surface area contributed by atoms with E-state index in [-0.39, 0.29) is 6.54 Å². The Morgan fingerprint density at radius 3 is 2.28 bits per heavy atom. The molecule has 0 unspecified atom stereocenters. The molecule has 0 atom stereocenters. The monoisotopic (exact) mass is 265 g/mol. The molecule has 1 aliphatic rings. The van der Waals surface area contributed by atoms with Crippen LogP contribution in [0.3, 0.4) is 0 Å². The molecule has 2 nitrogen and oxygen atoms in total. The number of carbonyl (C=O) groups excluding carboxylic acids is 1. The number of alkyl halides is 3. The van der Waals surface area contributed by atoms with E-state index in [0.29, 0.717) is 13.0 Å². The zero-order valence-electron chi connectivity index (χ0n) is 10.9. The third-order valence-electron chi connectivity index (χ3n) is 3.58. The van der Waals surface area contributed by atoms with Gasteiger partial charge in [0.2, 0.25) is 0 Å². The van der Waals surface area contributed by atoms with E-state index in [1.807, 2.05) is 6.92 Å². The van der Waals surface area contributed by atoms with Crippen LogP contribution in [-0.4, -0.2) is 37.0 Å². The fourth-order valence-corrected chi connectivity index (χ4v) is 2.80. The summed E-state index contributed by atoms with van der Waals surface area (Å²) in [6.45, 7) is 1.60. The van der Waals surface area contributed by atoms with Crippen LogP contribution in [0.4, 0.5) is 13.2 Å². The molecule has 0 aromatic carbocycles. The Morgan fingerprint density at radius 2 is 1.83 bits per heavy atom. The highest BCUT2D eigenvalue weighted by molar-refractivity contribution is 5.60. The van der Waals surface area contributed by atoms with Crippen molar-refractivity contribution in [3.05, 3.63) is 0 Å². The average molecular weight is 265 g/mol. The van der Waals surface area contributed by atoms with E-state index >= 15 is 0 Å². The minimum atomic E-state index is -4.19. The van der Waals surface area contributed by atoms with Gasteiger partial charge in [0.15, 0.2) is 0 Å². The first-order valence-corrected chi connectivity index (χ1v) is 6.66. The van der Waals surface area contributed by atoms with Gasteiger partial charge >= 0.3 is 6.18 Å². The van der Waals surface area contributed by atoms with Gasteiger partial charge in [-0.15, -0.1) is 0 Å². The summed E-state index contributed by atoms with van der Waals surface area (Å²) in [5.74, 6) is 0. The van der Waals surface area contributed by atoms with Crippen molar-refractivity contribution >= 4 is 6.29 Å². The molecule has 5 heteroatoms. The van der Waals surface area contributed by atoms with Crippen LogP contribution in [0.2, 0.25) is 0 Å². The van der Waals surface area contributed by atoms with E-state index in [9.17, 15) is 18.0 Å². The number of carbonyl (C=O) groups is 1. The van der Waals surface area contributed by atoms with Gasteiger partial charge in [0.05, 0.1) is 6.54 Å². The van der Waals surface area contributed by atoms with Gasteiger partial charge in [-0.25, -0.2) is 0 Å². The summed E-state index contributed by atoms with van der Waals surface area (Å²) in [6, 6.07) is 0. The summed E-state index contributed by atoms with van der Waals surface area (Å²) in [5.41, 5.74) is -0.543. The first-order chi connectivity index (χ1) is 8.41. The minimum Gasteiger partial charge on any atom is -0.303 e. The third kappa shape index (κ3) is 4.96. The van der Waals surface area contributed by atoms with Gasteiger partial charge in [-0.05, 0) is 25.8 Å². The first-order valence-electron chi connectivity index (χ1n) is 6.66. The molecule has 106 valence electrons. The van der Waals surface area contributed by atoms with Crippen molar-refractivity contribution in [2.45, 2.75) is 51.6 Å². The molecule has 18 heavy (non-hydrogen) atoms. The van der Waals surface area contributed by atoms with Crippen molar-refractivity contribution in [2.24, 2.45) is 5.41 Å². The summed E-state index contributed by atoms with van der Waals surface area (Å²) in [4.78, 5) is 12.7. The zero-order valence-corrected chi connectivity index (χ0v) is 10.9. The predicted octanol–water partition coefficient (Wildman–Crippen LogP) is 3.41. The van der Waals surface area contributed by atoms with Crippen LogP contribution in [0.1, 0.15) is 45.4 Å². The molecule has 0 heterocycles. The Balaban J connectivity index is 2.64. The summed E-state index contributed by atoms with van der Waals surface area (Å²) in [6.07, 6.45) is 1.82. The van der Waals surface area contributed by atoms with Gasteiger partial charge in [-0.2, -0.15) is 13.2 Å². The van der Waals surface area contributed by atoms with Gasteiger partial charge in [-0.3, -0.25) is 4.90 Å². The molecule has 0 aromatic rings. The molecule has 0 aliphatic heterocycles. The van der Waals surface area contributed by atoms with Crippen molar-refractivity contribution in [3.63, 3.8) is 0 Å².